The fourth-order valence-electron chi connectivity index (χ4n) is 2.05. The summed E-state index contributed by atoms with van der Waals surface area (Å²) in [5.74, 6) is -0.504. The predicted molar refractivity (Wildman–Crippen MR) is 67.8 cm³/mol. The van der Waals surface area contributed by atoms with Crippen LogP contribution in [0, 0.1) is 11.7 Å². The number of carbonyl (C=O) groups excluding carboxylic acids is 1. The van der Waals surface area contributed by atoms with Gasteiger partial charge in [-0.1, -0.05) is 13.8 Å². The zero-order chi connectivity index (χ0) is 13.1. The highest BCUT2D eigenvalue weighted by atomic mass is 19.1. The van der Waals surface area contributed by atoms with Crippen LogP contribution in [-0.4, -0.2) is 16.9 Å². The van der Waals surface area contributed by atoms with Crippen molar-refractivity contribution in [2.24, 2.45) is 5.92 Å². The van der Waals surface area contributed by atoms with Crippen molar-refractivity contribution in [1.82, 2.24) is 10.3 Å². The van der Waals surface area contributed by atoms with Gasteiger partial charge in [-0.05, 0) is 43.2 Å². The molecule has 0 aromatic carbocycles. The van der Waals surface area contributed by atoms with Crippen LogP contribution in [0.4, 0.5) is 4.39 Å². The van der Waals surface area contributed by atoms with Gasteiger partial charge in [-0.15, -0.1) is 0 Å². The zero-order valence-corrected chi connectivity index (χ0v) is 10.9. The third-order valence-corrected chi connectivity index (χ3v) is 3.25. The highest BCUT2D eigenvalue weighted by Crippen LogP contribution is 2.19. The first-order valence-electron chi connectivity index (χ1n) is 6.52. The van der Waals surface area contributed by atoms with Gasteiger partial charge in [0, 0.05) is 12.2 Å². The number of nitrogens with one attached hydrogen (secondary N) is 1. The fraction of sp³-hybridized carbons (Fsp3) is 0.571. The Balaban J connectivity index is 2.13. The van der Waals surface area contributed by atoms with E-state index < -0.39 is 5.82 Å². The van der Waals surface area contributed by atoms with E-state index in [1.165, 1.54) is 6.20 Å². The van der Waals surface area contributed by atoms with Gasteiger partial charge < -0.3 is 5.32 Å². The van der Waals surface area contributed by atoms with E-state index in [1.54, 1.807) is 6.07 Å². The smallest absolute Gasteiger partial charge is 0.273 e. The number of nitrogens with zero attached hydrogens (tertiary/aromatic N) is 1. The molecule has 0 spiro atoms. The molecule has 0 atom stereocenters. The van der Waals surface area contributed by atoms with Crippen LogP contribution in [-0.2, 0) is 6.42 Å². The molecule has 4 heteroatoms. The Kier molecular flexibility index (Phi) is 3.94. The van der Waals surface area contributed by atoms with Gasteiger partial charge in [0.25, 0.3) is 5.91 Å². The van der Waals surface area contributed by atoms with Crippen LogP contribution in [0.15, 0.2) is 12.3 Å². The molecule has 1 fully saturated rings. The molecule has 0 aliphatic heterocycles. The summed E-state index contributed by atoms with van der Waals surface area (Å²) in [6.45, 7) is 4.04. The summed E-state index contributed by atoms with van der Waals surface area (Å²) in [4.78, 5) is 15.8. The van der Waals surface area contributed by atoms with Crippen LogP contribution in [0.1, 0.15) is 49.2 Å². The number of aromatic nitrogens is 1. The second kappa shape index (κ2) is 5.46. The zero-order valence-electron chi connectivity index (χ0n) is 10.9. The van der Waals surface area contributed by atoms with Gasteiger partial charge in [-0.3, -0.25) is 4.79 Å². The van der Waals surface area contributed by atoms with E-state index in [-0.39, 0.29) is 17.6 Å². The molecule has 0 saturated heterocycles. The number of halogens is 1. The highest BCUT2D eigenvalue weighted by Gasteiger charge is 2.23. The second-order valence-corrected chi connectivity index (χ2v) is 5.33. The Morgan fingerprint density at radius 2 is 2.28 bits per heavy atom. The van der Waals surface area contributed by atoms with Crippen molar-refractivity contribution >= 4 is 5.91 Å². The molecule has 1 aromatic rings. The van der Waals surface area contributed by atoms with Gasteiger partial charge >= 0.3 is 0 Å². The molecule has 98 valence electrons. The minimum absolute atomic E-state index is 0.0694. The van der Waals surface area contributed by atoms with E-state index in [1.807, 2.05) is 13.8 Å². The van der Waals surface area contributed by atoms with Crippen LogP contribution < -0.4 is 5.32 Å². The van der Waals surface area contributed by atoms with Crippen LogP contribution >= 0.6 is 0 Å². The number of hydrogen-bond acceptors (Lipinski definition) is 2. The summed E-state index contributed by atoms with van der Waals surface area (Å²) in [5.41, 5.74) is 0.499. The van der Waals surface area contributed by atoms with E-state index in [4.69, 9.17) is 0 Å². The van der Waals surface area contributed by atoms with Crippen molar-refractivity contribution in [2.45, 2.75) is 45.6 Å². The molecule has 1 aromatic heterocycles. The highest BCUT2D eigenvalue weighted by molar-refractivity contribution is 5.92. The summed E-state index contributed by atoms with van der Waals surface area (Å²) < 4.78 is 14.1. The Bertz CT molecular complexity index is 441. The van der Waals surface area contributed by atoms with E-state index in [9.17, 15) is 9.18 Å². The molecule has 18 heavy (non-hydrogen) atoms. The third-order valence-electron chi connectivity index (χ3n) is 3.25. The lowest BCUT2D eigenvalue weighted by molar-refractivity contribution is 0.0907. The van der Waals surface area contributed by atoms with E-state index in [2.05, 4.69) is 10.3 Å². The van der Waals surface area contributed by atoms with Crippen molar-refractivity contribution in [3.05, 3.63) is 29.3 Å². The normalized spacial score (nSPS) is 15.6. The second-order valence-electron chi connectivity index (χ2n) is 5.33. The van der Waals surface area contributed by atoms with Crippen molar-refractivity contribution in [3.63, 3.8) is 0 Å². The van der Waals surface area contributed by atoms with Crippen LogP contribution in [0.25, 0.3) is 0 Å². The Morgan fingerprint density at radius 1 is 1.56 bits per heavy atom. The molecule has 0 radical (unpaired) electrons. The van der Waals surface area contributed by atoms with Crippen molar-refractivity contribution < 1.29 is 9.18 Å². The summed E-state index contributed by atoms with van der Waals surface area (Å²) >= 11 is 0. The molecule has 2 rings (SSSR count). The first-order valence-corrected chi connectivity index (χ1v) is 6.52. The maximum atomic E-state index is 14.1. The van der Waals surface area contributed by atoms with E-state index in [0.717, 1.165) is 19.3 Å². The summed E-state index contributed by atoms with van der Waals surface area (Å²) in [6, 6.07) is 1.85. The third kappa shape index (κ3) is 2.86. The molecule has 1 N–H and O–H groups in total. The quantitative estimate of drug-likeness (QED) is 0.892. The summed E-state index contributed by atoms with van der Waals surface area (Å²) in [6.07, 6.45) is 5.24. The average molecular weight is 250 g/mol. The first kappa shape index (κ1) is 13.0. The monoisotopic (exact) mass is 250 g/mol. The topological polar surface area (TPSA) is 42.0 Å². The number of carbonyl (C=O) groups is 1. The molecule has 1 amide bonds. The molecule has 3 nitrogen and oxygen atoms in total. The number of amides is 1. The van der Waals surface area contributed by atoms with Crippen molar-refractivity contribution in [2.75, 3.05) is 0 Å². The molecule has 0 bridgehead atoms. The molecule has 1 aliphatic carbocycles. The molecule has 0 unspecified atom stereocenters. The SMILES string of the molecule is CC(C)Cc1ccnc(C(=O)NC2CCC2)c1F. The first-order chi connectivity index (χ1) is 8.58. The summed E-state index contributed by atoms with van der Waals surface area (Å²) in [7, 11) is 0. The molecule has 1 saturated carbocycles. The van der Waals surface area contributed by atoms with Gasteiger partial charge in [-0.25, -0.2) is 9.37 Å². The largest absolute Gasteiger partial charge is 0.348 e. The number of pyridine rings is 1. The van der Waals surface area contributed by atoms with Crippen LogP contribution in [0.5, 0.6) is 0 Å². The Hall–Kier alpha value is -1.45. The lowest BCUT2D eigenvalue weighted by Gasteiger charge is -2.26. The fourth-order valence-corrected chi connectivity index (χ4v) is 2.05. The molecule has 1 heterocycles. The van der Waals surface area contributed by atoms with Crippen molar-refractivity contribution in [3.8, 4) is 0 Å². The minimum Gasteiger partial charge on any atom is -0.348 e. The number of hydrogen-bond donors (Lipinski definition) is 1. The van der Waals surface area contributed by atoms with Crippen LogP contribution in [0.2, 0.25) is 0 Å². The molecule has 1 aliphatic rings. The number of rotatable bonds is 4. The van der Waals surface area contributed by atoms with Crippen molar-refractivity contribution in [1.29, 1.82) is 0 Å². The van der Waals surface area contributed by atoms with Crippen LogP contribution in [0.3, 0.4) is 0 Å². The Labute approximate surface area is 107 Å². The minimum atomic E-state index is -0.469. The maximum Gasteiger partial charge on any atom is 0.273 e. The average Bonchev–Trinajstić information content (AvgIpc) is 2.25. The summed E-state index contributed by atoms with van der Waals surface area (Å²) in [5, 5.41) is 2.81. The van der Waals surface area contributed by atoms with Gasteiger partial charge in [0.1, 0.15) is 0 Å². The van der Waals surface area contributed by atoms with Gasteiger partial charge in [0.2, 0.25) is 0 Å². The maximum absolute atomic E-state index is 14.1. The lowest BCUT2D eigenvalue weighted by atomic mass is 9.93. The van der Waals surface area contributed by atoms with Gasteiger partial charge in [0.05, 0.1) is 0 Å². The van der Waals surface area contributed by atoms with Gasteiger partial charge in [0.15, 0.2) is 11.5 Å². The van der Waals surface area contributed by atoms with E-state index >= 15 is 0 Å². The molecular weight excluding hydrogens is 231 g/mol. The standard InChI is InChI=1S/C14H19FN2O/c1-9(2)8-10-6-7-16-13(12(10)15)14(18)17-11-4-3-5-11/h6-7,9,11H,3-5,8H2,1-2H3,(H,17,18). The Morgan fingerprint density at radius 3 is 2.83 bits per heavy atom. The van der Waals surface area contributed by atoms with Gasteiger partial charge in [-0.2, -0.15) is 0 Å². The van der Waals surface area contributed by atoms with E-state index in [0.29, 0.717) is 17.9 Å². The predicted octanol–water partition coefficient (Wildman–Crippen LogP) is 2.70. The lowest BCUT2D eigenvalue weighted by Crippen LogP contribution is -2.40. The molecular formula is C14H19FN2O.